The highest BCUT2D eigenvalue weighted by Crippen LogP contribution is 2.44. The van der Waals surface area contributed by atoms with Crippen molar-refractivity contribution < 1.29 is 42.7 Å². The lowest BCUT2D eigenvalue weighted by Gasteiger charge is -2.38. The maximum Gasteiger partial charge on any atom is 0.488 e. The number of carbonyl (C=O) groups excluding carboxylic acids is 2. The molecule has 92 heavy (non-hydrogen) atoms. The van der Waals surface area contributed by atoms with Crippen LogP contribution in [0.2, 0.25) is 13.1 Å². The minimum absolute atomic E-state index is 0.0128. The molecule has 0 radical (unpaired) electrons. The Hall–Kier alpha value is -7.61. The number of Topliss-reactive ketones (excluding diaryl/α,β-unsaturated/α-hetero) is 1. The minimum Gasteiger partial charge on any atom is -0.423 e. The molecular weight excluding hydrogens is 1180 g/mol. The predicted octanol–water partition coefficient (Wildman–Crippen LogP) is 8.83. The predicted molar refractivity (Wildman–Crippen MR) is 382 cm³/mol. The third kappa shape index (κ3) is 15.1. The van der Waals surface area contributed by atoms with E-state index < -0.39 is 32.3 Å². The molecule has 1 aliphatic carbocycles. The molecule has 0 bridgehead atoms. The fraction of sp³-hybridized carbons (Fsp3) is 0.311. The summed E-state index contributed by atoms with van der Waals surface area (Å²) in [4.78, 5) is 32.4. The Kier molecular flexibility index (Phi) is 21.5. The molecule has 0 aromatic heterocycles. The van der Waals surface area contributed by atoms with Gasteiger partial charge in [-0.2, -0.15) is 0 Å². The van der Waals surface area contributed by atoms with Crippen molar-refractivity contribution in [3.8, 4) is 11.1 Å². The molecule has 1 aliphatic heterocycles. The third-order valence-electron chi connectivity index (χ3n) is 18.1. The Bertz CT molecular complexity index is 4320. The fourth-order valence-corrected chi connectivity index (χ4v) is 17.0. The van der Waals surface area contributed by atoms with Gasteiger partial charge in [0.2, 0.25) is 15.9 Å². The van der Waals surface area contributed by atoms with Crippen molar-refractivity contribution in [2.45, 2.75) is 97.5 Å². The van der Waals surface area contributed by atoms with Gasteiger partial charge in [-0.3, -0.25) is 19.4 Å². The summed E-state index contributed by atoms with van der Waals surface area (Å²) >= 11 is 0. The van der Waals surface area contributed by atoms with Crippen LogP contribution in [0.5, 0.6) is 0 Å². The summed E-state index contributed by atoms with van der Waals surface area (Å²) < 4.78 is 30.7. The number of unbranched alkanes of at least 4 members (excludes halogenated alkanes) is 1. The molecule has 0 unspecified atom stereocenters. The number of allylic oxidation sites excluding steroid dienone is 6. The van der Waals surface area contributed by atoms with Crippen molar-refractivity contribution >= 4 is 98.7 Å². The number of hydrogen-bond acceptors (Lipinski definition) is 11. The van der Waals surface area contributed by atoms with Crippen LogP contribution in [-0.4, -0.2) is 149 Å². The summed E-state index contributed by atoms with van der Waals surface area (Å²) in [6.45, 7) is 22.8. The van der Waals surface area contributed by atoms with Gasteiger partial charge in [0.15, 0.2) is 11.5 Å². The van der Waals surface area contributed by atoms with Crippen LogP contribution in [0.25, 0.3) is 38.2 Å². The largest absolute Gasteiger partial charge is 0.488 e. The zero-order valence-electron chi connectivity index (χ0n) is 55.6. The maximum absolute atomic E-state index is 13.7. The molecule has 0 atom stereocenters. The van der Waals surface area contributed by atoms with Crippen LogP contribution in [-0.2, 0) is 45.8 Å². The van der Waals surface area contributed by atoms with Crippen molar-refractivity contribution in [1.29, 1.82) is 0 Å². The average Bonchev–Trinajstić information content (AvgIpc) is 0.755. The second kappa shape index (κ2) is 28.7. The average molecular weight is 1270 g/mol. The Morgan fingerprint density at radius 2 is 1.24 bits per heavy atom. The lowest BCUT2D eigenvalue weighted by Crippen LogP contribution is -2.49. The van der Waals surface area contributed by atoms with Gasteiger partial charge in [0, 0.05) is 97.3 Å². The molecule has 7 aromatic carbocycles. The number of amides is 1. The first-order valence-corrected chi connectivity index (χ1v) is 36.0. The molecule has 14 nitrogen and oxygen atoms in total. The topological polar surface area (TPSA) is 177 Å². The van der Waals surface area contributed by atoms with E-state index in [-0.39, 0.29) is 28.6 Å². The summed E-state index contributed by atoms with van der Waals surface area (Å²) in [7, 11) is 1.53. The molecule has 5 N–H and O–H groups in total. The molecule has 478 valence electrons. The molecule has 0 spiro atoms. The van der Waals surface area contributed by atoms with Crippen LogP contribution < -0.4 is 26.3 Å². The highest BCUT2D eigenvalue weighted by atomic mass is 32.2. The number of ketones is 1. The summed E-state index contributed by atoms with van der Waals surface area (Å²) in [5.74, 6) is -0.234. The second-order valence-electron chi connectivity index (χ2n) is 26.2. The minimum atomic E-state index is -3.93. The number of nitrogens with zero attached hydrogens (tertiary/aromatic N) is 5. The van der Waals surface area contributed by atoms with Crippen molar-refractivity contribution in [3.05, 3.63) is 213 Å². The normalized spacial score (nSPS) is 13.6. The number of carbonyl (C=O) groups is 2. The van der Waals surface area contributed by atoms with Gasteiger partial charge in [-0.05, 0) is 206 Å². The van der Waals surface area contributed by atoms with Crippen LogP contribution in [0.15, 0.2) is 173 Å². The number of anilines is 1. The zero-order valence-corrected chi connectivity index (χ0v) is 57.4. The van der Waals surface area contributed by atoms with Crippen molar-refractivity contribution in [3.63, 3.8) is 0 Å². The lowest BCUT2D eigenvalue weighted by atomic mass is 9.76. The van der Waals surface area contributed by atoms with Crippen LogP contribution in [0.1, 0.15) is 84.0 Å². The monoisotopic (exact) mass is 1270 g/mol. The fourth-order valence-electron chi connectivity index (χ4n) is 13.0. The van der Waals surface area contributed by atoms with E-state index in [1.807, 2.05) is 31.2 Å². The molecule has 9 rings (SSSR count). The quantitative estimate of drug-likeness (QED) is 0.0115. The standard InChI is InChI=1S/C74H88B2N6O8SSi/c1-48(2)70(83)22-17-18-34-81(44-55-36-50(5)23-31-68(55)75(85)86)47-67-61-21-16-15-20-60(61)66(46-82(35-19-33-77-74(84)49(3)4)45-56-40-59(91(89,90)80(11)12)27-32-69(56)76(87)88)62-28-24-52(41-65(62)67)53-37-51(6)38-54(39-53)73-63-29-25-57(78(7)8)42-71(63)92(13,14)72-43-58(79(9)10)26-30-64(72)73/h15-16,20-21,23-32,36-43,85-88H,1,3,17-19,22,33-35,44-47H2,2,4-14H3/p+1. The van der Waals surface area contributed by atoms with E-state index in [0.29, 0.717) is 87.1 Å². The highest BCUT2D eigenvalue weighted by molar-refractivity contribution is 7.89. The van der Waals surface area contributed by atoms with E-state index in [0.717, 1.165) is 81.8 Å². The Labute approximate surface area is 546 Å². The SMILES string of the molecule is C=C(C)C(=O)CCCCN(Cc1cc(C)ccc1B(O)O)Cc1c2ccccc2c(CN(CCCNC(=O)C(=C)C)Cc2cc(S(=O)(=O)N(C)C)ccc2B(O)O)c2ccc(-c3cc(C)cc(C4=C5C=CC(=[N+](C)C)C=C5[Si](C)(C)c5cc(N(C)C)ccc54)c3)cc12. The number of hydrogen-bond donors (Lipinski definition) is 5. The molecule has 0 fully saturated rings. The van der Waals surface area contributed by atoms with Gasteiger partial charge < -0.3 is 30.3 Å². The maximum atomic E-state index is 13.7. The Balaban J connectivity index is 1.27. The first-order valence-electron chi connectivity index (χ1n) is 31.6. The Morgan fingerprint density at radius 3 is 1.85 bits per heavy atom. The van der Waals surface area contributed by atoms with Crippen LogP contribution in [0.3, 0.4) is 0 Å². The van der Waals surface area contributed by atoms with E-state index >= 15 is 0 Å². The summed E-state index contributed by atoms with van der Waals surface area (Å²) in [5, 5.41) is 53.0. The summed E-state index contributed by atoms with van der Waals surface area (Å²) in [6, 6.07) is 39.0. The van der Waals surface area contributed by atoms with Gasteiger partial charge in [0.05, 0.1) is 4.90 Å². The molecular formula is C74H89B2N6O8SSi+. The van der Waals surface area contributed by atoms with E-state index in [1.54, 1.807) is 19.9 Å². The highest BCUT2D eigenvalue weighted by Gasteiger charge is 2.41. The molecule has 7 aromatic rings. The number of sulfonamides is 1. The molecule has 1 heterocycles. The molecule has 0 saturated heterocycles. The van der Waals surface area contributed by atoms with E-state index in [1.165, 1.54) is 59.4 Å². The molecule has 2 aliphatic rings. The van der Waals surface area contributed by atoms with Gasteiger partial charge in [-0.15, -0.1) is 0 Å². The van der Waals surface area contributed by atoms with Crippen molar-refractivity contribution in [2.24, 2.45) is 0 Å². The summed E-state index contributed by atoms with van der Waals surface area (Å²) in [6.07, 6.45) is 9.14. The van der Waals surface area contributed by atoms with Gasteiger partial charge in [-0.1, -0.05) is 111 Å². The number of benzene rings is 7. The van der Waals surface area contributed by atoms with Crippen LogP contribution >= 0.6 is 0 Å². The van der Waals surface area contributed by atoms with Crippen molar-refractivity contribution in [2.75, 3.05) is 66.8 Å². The number of aryl methyl sites for hydroxylation is 2. The van der Waals surface area contributed by atoms with Gasteiger partial charge >= 0.3 is 14.2 Å². The first kappa shape index (κ1) is 68.7. The van der Waals surface area contributed by atoms with Gasteiger partial charge in [0.25, 0.3) is 0 Å². The van der Waals surface area contributed by atoms with Crippen LogP contribution in [0, 0.1) is 13.8 Å². The van der Waals surface area contributed by atoms with Gasteiger partial charge in [0.1, 0.15) is 22.2 Å². The van der Waals surface area contributed by atoms with Gasteiger partial charge in [-0.25, -0.2) is 17.3 Å². The van der Waals surface area contributed by atoms with E-state index in [4.69, 9.17) is 0 Å². The Morgan fingerprint density at radius 1 is 0.630 bits per heavy atom. The third-order valence-corrected chi connectivity index (χ3v) is 23.4. The molecule has 18 heteroatoms. The van der Waals surface area contributed by atoms with Crippen molar-refractivity contribution in [1.82, 2.24) is 19.4 Å². The number of fused-ring (bicyclic) bond motifs is 4. The summed E-state index contributed by atoms with van der Waals surface area (Å²) in [5.41, 5.74) is 16.0. The van der Waals surface area contributed by atoms with Crippen LogP contribution in [0.4, 0.5) is 5.69 Å². The second-order valence-corrected chi connectivity index (χ2v) is 32.6. The zero-order chi connectivity index (χ0) is 66.7. The number of rotatable bonds is 26. The molecule has 0 saturated carbocycles. The first-order chi connectivity index (χ1) is 43.5. The smallest absolute Gasteiger partial charge is 0.423 e. The lowest BCUT2D eigenvalue weighted by molar-refractivity contribution is -0.462. The van der Waals surface area contributed by atoms with E-state index in [2.05, 4.69) is 171 Å². The van der Waals surface area contributed by atoms with E-state index in [9.17, 15) is 38.1 Å². The molecule has 1 amide bonds. The number of nitrogens with one attached hydrogen (secondary N) is 1.